The van der Waals surface area contributed by atoms with E-state index in [1.807, 2.05) is 68.4 Å². The van der Waals surface area contributed by atoms with E-state index in [-0.39, 0.29) is 24.3 Å². The molecule has 0 radical (unpaired) electrons. The van der Waals surface area contributed by atoms with E-state index in [0.717, 1.165) is 11.1 Å². The molecular formula is C24H24N2O3. The Balaban J connectivity index is 1.49. The molecule has 0 saturated carbocycles. The van der Waals surface area contributed by atoms with Gasteiger partial charge in [-0.15, -0.1) is 0 Å². The van der Waals surface area contributed by atoms with Gasteiger partial charge in [0.25, 0.3) is 5.91 Å². The molecule has 3 aromatic carbocycles. The Morgan fingerprint density at radius 3 is 1.90 bits per heavy atom. The lowest BCUT2D eigenvalue weighted by Gasteiger charge is -2.10. The van der Waals surface area contributed by atoms with Gasteiger partial charge in [0.05, 0.1) is 0 Å². The molecule has 0 heterocycles. The fraction of sp³-hybridized carbons (Fsp3) is 0.167. The minimum atomic E-state index is -0.254. The Kier molecular flexibility index (Phi) is 6.63. The summed E-state index contributed by atoms with van der Waals surface area (Å²) in [6.45, 7) is 3.58. The summed E-state index contributed by atoms with van der Waals surface area (Å²) in [7, 11) is 0. The maximum Gasteiger partial charge on any atom is 0.262 e. The minimum absolute atomic E-state index is 0.0477. The molecule has 0 aliphatic heterocycles. The maximum atomic E-state index is 12.1. The summed E-state index contributed by atoms with van der Waals surface area (Å²) in [5.41, 5.74) is 3.55. The molecule has 0 fully saturated rings. The Morgan fingerprint density at radius 1 is 0.759 bits per heavy atom. The smallest absolute Gasteiger partial charge is 0.262 e. The molecule has 0 bridgehead atoms. The van der Waals surface area contributed by atoms with E-state index < -0.39 is 0 Å². The first-order valence-electron chi connectivity index (χ1n) is 9.50. The quantitative estimate of drug-likeness (QED) is 0.601. The van der Waals surface area contributed by atoms with Crippen molar-refractivity contribution in [2.24, 2.45) is 5.92 Å². The van der Waals surface area contributed by atoms with Gasteiger partial charge in [-0.2, -0.15) is 0 Å². The van der Waals surface area contributed by atoms with Crippen LogP contribution in [0.1, 0.15) is 13.8 Å². The second-order valence-electron chi connectivity index (χ2n) is 6.95. The zero-order chi connectivity index (χ0) is 20.6. The lowest BCUT2D eigenvalue weighted by atomic mass is 10.1. The fourth-order valence-corrected chi connectivity index (χ4v) is 2.64. The van der Waals surface area contributed by atoms with Crippen molar-refractivity contribution in [1.82, 2.24) is 0 Å². The Labute approximate surface area is 170 Å². The molecule has 0 atom stereocenters. The van der Waals surface area contributed by atoms with Crippen LogP contribution in [-0.4, -0.2) is 18.4 Å². The first-order valence-corrected chi connectivity index (χ1v) is 9.50. The van der Waals surface area contributed by atoms with Crippen molar-refractivity contribution in [1.29, 1.82) is 0 Å². The van der Waals surface area contributed by atoms with Crippen LogP contribution in [-0.2, 0) is 9.59 Å². The number of hydrogen-bond acceptors (Lipinski definition) is 3. The summed E-state index contributed by atoms with van der Waals surface area (Å²) in [6.07, 6.45) is 0. The predicted octanol–water partition coefficient (Wildman–Crippen LogP) is 4.97. The lowest BCUT2D eigenvalue weighted by Crippen LogP contribution is -2.20. The zero-order valence-corrected chi connectivity index (χ0v) is 16.5. The van der Waals surface area contributed by atoms with E-state index >= 15 is 0 Å². The number of benzene rings is 3. The van der Waals surface area contributed by atoms with E-state index in [9.17, 15) is 9.59 Å². The minimum Gasteiger partial charge on any atom is -0.484 e. The highest BCUT2D eigenvalue weighted by Gasteiger charge is 2.08. The fourth-order valence-electron chi connectivity index (χ4n) is 2.64. The topological polar surface area (TPSA) is 67.4 Å². The Bertz CT molecular complexity index is 950. The van der Waals surface area contributed by atoms with Crippen molar-refractivity contribution in [3.05, 3.63) is 78.9 Å². The van der Waals surface area contributed by atoms with Crippen LogP contribution in [0, 0.1) is 5.92 Å². The van der Waals surface area contributed by atoms with Crippen LogP contribution in [0.15, 0.2) is 78.9 Å². The highest BCUT2D eigenvalue weighted by molar-refractivity contribution is 5.94. The number of amides is 2. The van der Waals surface area contributed by atoms with E-state index in [1.165, 1.54) is 0 Å². The number of ether oxygens (including phenoxy) is 1. The highest BCUT2D eigenvalue weighted by atomic mass is 16.5. The van der Waals surface area contributed by atoms with Gasteiger partial charge in [0.15, 0.2) is 6.61 Å². The molecule has 2 N–H and O–H groups in total. The Morgan fingerprint density at radius 2 is 1.31 bits per heavy atom. The van der Waals surface area contributed by atoms with Gasteiger partial charge in [-0.3, -0.25) is 9.59 Å². The summed E-state index contributed by atoms with van der Waals surface area (Å²) < 4.78 is 5.56. The molecule has 5 nitrogen and oxygen atoms in total. The van der Waals surface area contributed by atoms with Crippen molar-refractivity contribution < 1.29 is 14.3 Å². The molecule has 3 aromatic rings. The normalized spacial score (nSPS) is 10.4. The first kappa shape index (κ1) is 20.1. The number of nitrogens with one attached hydrogen (secondary N) is 2. The Hall–Kier alpha value is -3.60. The molecule has 148 valence electrons. The third-order valence-electron chi connectivity index (χ3n) is 4.29. The second kappa shape index (κ2) is 9.55. The van der Waals surface area contributed by atoms with E-state index in [2.05, 4.69) is 10.6 Å². The monoisotopic (exact) mass is 388 g/mol. The van der Waals surface area contributed by atoms with Crippen molar-refractivity contribution in [2.75, 3.05) is 17.2 Å². The average Bonchev–Trinajstić information content (AvgIpc) is 2.74. The van der Waals surface area contributed by atoms with Gasteiger partial charge >= 0.3 is 0 Å². The molecule has 0 aromatic heterocycles. The SMILES string of the molecule is CC(C)C(=O)Nc1ccc(NC(=O)COc2ccc(-c3ccccc3)cc2)cc1. The third-order valence-corrected chi connectivity index (χ3v) is 4.29. The van der Waals surface area contributed by atoms with Gasteiger partial charge in [-0.25, -0.2) is 0 Å². The van der Waals surface area contributed by atoms with Crippen molar-refractivity contribution in [2.45, 2.75) is 13.8 Å². The summed E-state index contributed by atoms with van der Waals surface area (Å²) in [5.74, 6) is 0.240. The summed E-state index contributed by atoms with van der Waals surface area (Å²) in [4.78, 5) is 23.8. The number of carbonyl (C=O) groups excluding carboxylic acids is 2. The van der Waals surface area contributed by atoms with Crippen LogP contribution in [0.2, 0.25) is 0 Å². The zero-order valence-electron chi connectivity index (χ0n) is 16.5. The summed E-state index contributed by atoms with van der Waals surface area (Å²) >= 11 is 0. The first-order chi connectivity index (χ1) is 14.0. The number of anilines is 2. The molecule has 0 spiro atoms. The molecule has 0 aliphatic rings. The average molecular weight is 388 g/mol. The maximum absolute atomic E-state index is 12.1. The molecule has 0 saturated heterocycles. The van der Waals surface area contributed by atoms with Gasteiger partial charge in [0, 0.05) is 17.3 Å². The second-order valence-corrected chi connectivity index (χ2v) is 6.95. The van der Waals surface area contributed by atoms with Gasteiger partial charge in [0.2, 0.25) is 5.91 Å². The molecule has 29 heavy (non-hydrogen) atoms. The molecule has 0 unspecified atom stereocenters. The molecule has 5 heteroatoms. The third kappa shape index (κ3) is 5.94. The van der Waals surface area contributed by atoms with Crippen LogP contribution < -0.4 is 15.4 Å². The van der Waals surface area contributed by atoms with Gasteiger partial charge in [-0.05, 0) is 47.5 Å². The predicted molar refractivity (Wildman–Crippen MR) is 116 cm³/mol. The largest absolute Gasteiger partial charge is 0.484 e. The number of hydrogen-bond donors (Lipinski definition) is 2. The van der Waals surface area contributed by atoms with Crippen molar-refractivity contribution in [3.63, 3.8) is 0 Å². The van der Waals surface area contributed by atoms with Crippen LogP contribution >= 0.6 is 0 Å². The van der Waals surface area contributed by atoms with Crippen LogP contribution in [0.5, 0.6) is 5.75 Å². The number of carbonyl (C=O) groups is 2. The lowest BCUT2D eigenvalue weighted by molar-refractivity contribution is -0.119. The summed E-state index contributed by atoms with van der Waals surface area (Å²) in [6, 6.07) is 24.7. The highest BCUT2D eigenvalue weighted by Crippen LogP contribution is 2.22. The molecule has 2 amide bonds. The molecular weight excluding hydrogens is 364 g/mol. The standard InChI is InChI=1S/C24H24N2O3/c1-17(2)24(28)26-21-12-10-20(11-13-21)25-23(27)16-29-22-14-8-19(9-15-22)18-6-4-3-5-7-18/h3-15,17H,16H2,1-2H3,(H,25,27)(H,26,28). The van der Waals surface area contributed by atoms with Crippen molar-refractivity contribution >= 4 is 23.2 Å². The summed E-state index contributed by atoms with van der Waals surface area (Å²) in [5, 5.41) is 5.58. The van der Waals surface area contributed by atoms with Gasteiger partial charge < -0.3 is 15.4 Å². The van der Waals surface area contributed by atoms with E-state index in [1.54, 1.807) is 24.3 Å². The van der Waals surface area contributed by atoms with Gasteiger partial charge in [-0.1, -0.05) is 56.3 Å². The van der Waals surface area contributed by atoms with E-state index in [0.29, 0.717) is 17.1 Å². The van der Waals surface area contributed by atoms with Crippen molar-refractivity contribution in [3.8, 4) is 16.9 Å². The van der Waals surface area contributed by atoms with Gasteiger partial charge in [0.1, 0.15) is 5.75 Å². The molecule has 0 aliphatic carbocycles. The van der Waals surface area contributed by atoms with Crippen LogP contribution in [0.4, 0.5) is 11.4 Å². The van der Waals surface area contributed by atoms with Crippen LogP contribution in [0.3, 0.4) is 0 Å². The number of rotatable bonds is 7. The van der Waals surface area contributed by atoms with Crippen LogP contribution in [0.25, 0.3) is 11.1 Å². The molecule has 3 rings (SSSR count). The van der Waals surface area contributed by atoms with E-state index in [4.69, 9.17) is 4.74 Å².